The van der Waals surface area contributed by atoms with Crippen molar-refractivity contribution in [3.8, 4) is 5.82 Å². The van der Waals surface area contributed by atoms with Crippen LogP contribution in [-0.4, -0.2) is 25.9 Å². The van der Waals surface area contributed by atoms with Crippen LogP contribution in [0.1, 0.15) is 16.1 Å². The standard InChI is InChI=1S/C21H17BrN6O/c1-14-11-12-28(27-14)20-10-9-19(25-26-20)23-17-5-7-18(8-6-17)24-21(29)15-3-2-4-16(22)13-15/h2-13H,1H3,(H,23,25)(H,24,29). The molecule has 4 rings (SSSR count). The Morgan fingerprint density at radius 2 is 1.76 bits per heavy atom. The fourth-order valence-electron chi connectivity index (χ4n) is 2.67. The molecule has 2 N–H and O–H groups in total. The van der Waals surface area contributed by atoms with Gasteiger partial charge in [-0.3, -0.25) is 4.79 Å². The maximum atomic E-state index is 12.3. The van der Waals surface area contributed by atoms with E-state index in [0.717, 1.165) is 15.9 Å². The number of carbonyl (C=O) groups is 1. The fraction of sp³-hybridized carbons (Fsp3) is 0.0476. The van der Waals surface area contributed by atoms with Crippen LogP contribution in [0.3, 0.4) is 0 Å². The first-order chi connectivity index (χ1) is 14.1. The van der Waals surface area contributed by atoms with E-state index in [2.05, 4.69) is 41.9 Å². The van der Waals surface area contributed by atoms with E-state index >= 15 is 0 Å². The van der Waals surface area contributed by atoms with Crippen molar-refractivity contribution in [3.05, 3.63) is 88.7 Å². The zero-order valence-corrected chi connectivity index (χ0v) is 17.1. The van der Waals surface area contributed by atoms with Crippen molar-refractivity contribution in [2.24, 2.45) is 0 Å². The van der Waals surface area contributed by atoms with Crippen LogP contribution in [-0.2, 0) is 0 Å². The highest BCUT2D eigenvalue weighted by atomic mass is 79.9. The zero-order valence-electron chi connectivity index (χ0n) is 15.5. The van der Waals surface area contributed by atoms with Gasteiger partial charge in [0.15, 0.2) is 11.6 Å². The van der Waals surface area contributed by atoms with E-state index in [1.165, 1.54) is 0 Å². The molecule has 0 saturated heterocycles. The average Bonchev–Trinajstić information content (AvgIpc) is 3.16. The van der Waals surface area contributed by atoms with Gasteiger partial charge in [0.05, 0.1) is 5.69 Å². The SMILES string of the molecule is Cc1ccn(-c2ccc(Nc3ccc(NC(=O)c4cccc(Br)c4)cc3)nn2)n1. The summed E-state index contributed by atoms with van der Waals surface area (Å²) in [6, 6.07) is 20.2. The lowest BCUT2D eigenvalue weighted by Gasteiger charge is -2.08. The van der Waals surface area contributed by atoms with Gasteiger partial charge in [-0.05, 0) is 67.6 Å². The van der Waals surface area contributed by atoms with Crippen LogP contribution < -0.4 is 10.6 Å². The van der Waals surface area contributed by atoms with E-state index in [-0.39, 0.29) is 5.91 Å². The smallest absolute Gasteiger partial charge is 0.255 e. The molecule has 2 heterocycles. The summed E-state index contributed by atoms with van der Waals surface area (Å²) in [4.78, 5) is 12.3. The summed E-state index contributed by atoms with van der Waals surface area (Å²) in [6.07, 6.45) is 1.84. The van der Waals surface area contributed by atoms with Crippen molar-refractivity contribution in [2.75, 3.05) is 10.6 Å². The normalized spacial score (nSPS) is 10.6. The van der Waals surface area contributed by atoms with E-state index < -0.39 is 0 Å². The number of hydrogen-bond acceptors (Lipinski definition) is 5. The number of amides is 1. The third-order valence-electron chi connectivity index (χ3n) is 4.11. The van der Waals surface area contributed by atoms with Crippen molar-refractivity contribution >= 4 is 39.0 Å². The maximum absolute atomic E-state index is 12.3. The summed E-state index contributed by atoms with van der Waals surface area (Å²) < 4.78 is 2.54. The van der Waals surface area contributed by atoms with Gasteiger partial charge in [0, 0.05) is 27.6 Å². The molecule has 4 aromatic rings. The Kier molecular flexibility index (Phi) is 5.35. The van der Waals surface area contributed by atoms with Crippen molar-refractivity contribution in [3.63, 3.8) is 0 Å². The Labute approximate surface area is 175 Å². The Hall–Kier alpha value is -3.52. The van der Waals surface area contributed by atoms with Gasteiger partial charge in [0.25, 0.3) is 5.91 Å². The predicted molar refractivity (Wildman–Crippen MR) is 116 cm³/mol. The highest BCUT2D eigenvalue weighted by molar-refractivity contribution is 9.10. The summed E-state index contributed by atoms with van der Waals surface area (Å²) in [6.45, 7) is 1.92. The van der Waals surface area contributed by atoms with Crippen LogP contribution in [0.4, 0.5) is 17.2 Å². The lowest BCUT2D eigenvalue weighted by molar-refractivity contribution is 0.102. The Bertz CT molecular complexity index is 1140. The van der Waals surface area contributed by atoms with Crippen molar-refractivity contribution < 1.29 is 4.79 Å². The average molecular weight is 449 g/mol. The summed E-state index contributed by atoms with van der Waals surface area (Å²) in [5.41, 5.74) is 3.05. The Morgan fingerprint density at radius 1 is 0.966 bits per heavy atom. The van der Waals surface area contributed by atoms with E-state index in [9.17, 15) is 4.79 Å². The van der Waals surface area contributed by atoms with Gasteiger partial charge in [-0.2, -0.15) is 5.10 Å². The molecule has 0 radical (unpaired) electrons. The second-order valence-electron chi connectivity index (χ2n) is 6.35. The topological polar surface area (TPSA) is 84.7 Å². The predicted octanol–water partition coefficient (Wildman–Crippen LogP) is 4.73. The summed E-state index contributed by atoms with van der Waals surface area (Å²) in [7, 11) is 0. The van der Waals surface area contributed by atoms with Gasteiger partial charge in [0.1, 0.15) is 0 Å². The van der Waals surface area contributed by atoms with Crippen LogP contribution in [0.25, 0.3) is 5.82 Å². The molecule has 0 aliphatic heterocycles. The van der Waals surface area contributed by atoms with E-state index in [1.54, 1.807) is 16.8 Å². The van der Waals surface area contributed by atoms with Crippen molar-refractivity contribution in [1.82, 2.24) is 20.0 Å². The minimum absolute atomic E-state index is 0.165. The van der Waals surface area contributed by atoms with E-state index in [0.29, 0.717) is 22.9 Å². The highest BCUT2D eigenvalue weighted by Gasteiger charge is 2.07. The lowest BCUT2D eigenvalue weighted by Crippen LogP contribution is -2.11. The molecule has 0 unspecified atom stereocenters. The number of aryl methyl sites for hydroxylation is 1. The molecule has 0 atom stereocenters. The molecule has 8 heteroatoms. The third-order valence-corrected chi connectivity index (χ3v) is 4.60. The van der Waals surface area contributed by atoms with Gasteiger partial charge < -0.3 is 10.6 Å². The van der Waals surface area contributed by atoms with Crippen LogP contribution in [0.15, 0.2) is 77.4 Å². The zero-order chi connectivity index (χ0) is 20.2. The number of rotatable bonds is 5. The van der Waals surface area contributed by atoms with Gasteiger partial charge >= 0.3 is 0 Å². The molecular formula is C21H17BrN6O. The van der Waals surface area contributed by atoms with Gasteiger partial charge in [-0.1, -0.05) is 22.0 Å². The molecule has 0 aliphatic rings. The van der Waals surface area contributed by atoms with Gasteiger partial charge in [0.2, 0.25) is 0 Å². The number of aromatic nitrogens is 4. The number of nitrogens with one attached hydrogen (secondary N) is 2. The molecule has 0 spiro atoms. The van der Waals surface area contributed by atoms with Crippen LogP contribution in [0.2, 0.25) is 0 Å². The second kappa shape index (κ2) is 8.24. The summed E-state index contributed by atoms with van der Waals surface area (Å²) in [5.74, 6) is 1.10. The van der Waals surface area contributed by atoms with Crippen LogP contribution in [0.5, 0.6) is 0 Å². The number of anilines is 3. The Morgan fingerprint density at radius 3 is 2.41 bits per heavy atom. The second-order valence-corrected chi connectivity index (χ2v) is 7.26. The molecule has 1 amide bonds. The minimum atomic E-state index is -0.165. The molecule has 0 fully saturated rings. The quantitative estimate of drug-likeness (QED) is 0.460. The number of carbonyl (C=O) groups excluding carboxylic acids is 1. The molecule has 0 bridgehead atoms. The monoisotopic (exact) mass is 448 g/mol. The first kappa shape index (κ1) is 18.8. The van der Waals surface area contributed by atoms with Gasteiger partial charge in [-0.15, -0.1) is 10.2 Å². The molecule has 2 aromatic heterocycles. The van der Waals surface area contributed by atoms with Crippen molar-refractivity contribution in [2.45, 2.75) is 6.92 Å². The first-order valence-corrected chi connectivity index (χ1v) is 9.66. The number of nitrogens with zero attached hydrogens (tertiary/aromatic N) is 4. The molecular weight excluding hydrogens is 432 g/mol. The molecule has 0 saturated carbocycles. The number of hydrogen-bond donors (Lipinski definition) is 2. The summed E-state index contributed by atoms with van der Waals surface area (Å²) in [5, 5.41) is 18.7. The van der Waals surface area contributed by atoms with E-state index in [4.69, 9.17) is 0 Å². The minimum Gasteiger partial charge on any atom is -0.339 e. The highest BCUT2D eigenvalue weighted by Crippen LogP contribution is 2.19. The maximum Gasteiger partial charge on any atom is 0.255 e. The first-order valence-electron chi connectivity index (χ1n) is 8.87. The van der Waals surface area contributed by atoms with Crippen LogP contribution in [0, 0.1) is 6.92 Å². The molecule has 7 nitrogen and oxygen atoms in total. The lowest BCUT2D eigenvalue weighted by atomic mass is 10.2. The molecule has 2 aromatic carbocycles. The third kappa shape index (κ3) is 4.67. The molecule has 29 heavy (non-hydrogen) atoms. The number of benzene rings is 2. The number of halogens is 1. The van der Waals surface area contributed by atoms with Crippen LogP contribution >= 0.6 is 15.9 Å². The van der Waals surface area contributed by atoms with Gasteiger partial charge in [-0.25, -0.2) is 4.68 Å². The summed E-state index contributed by atoms with van der Waals surface area (Å²) >= 11 is 3.37. The largest absolute Gasteiger partial charge is 0.339 e. The fourth-order valence-corrected chi connectivity index (χ4v) is 3.07. The molecule has 0 aliphatic carbocycles. The van der Waals surface area contributed by atoms with E-state index in [1.807, 2.05) is 67.7 Å². The van der Waals surface area contributed by atoms with Crippen molar-refractivity contribution in [1.29, 1.82) is 0 Å². The Balaban J connectivity index is 1.40. The molecule has 144 valence electrons.